The molecule has 0 amide bonds. The van der Waals surface area contributed by atoms with Crippen molar-refractivity contribution in [2.24, 2.45) is 11.3 Å². The molecule has 0 aliphatic rings. The molecule has 0 bridgehead atoms. The number of hydrogen-bond donors (Lipinski definition) is 0. The van der Waals surface area contributed by atoms with Gasteiger partial charge in [-0.05, 0) is 47.6 Å². The van der Waals surface area contributed by atoms with E-state index in [-0.39, 0.29) is 22.4 Å². The second kappa shape index (κ2) is 5.95. The number of carbonyl (C=O) groups is 1. The molecule has 0 atom stereocenters. The molecule has 0 spiro atoms. The Balaban J connectivity index is 5.10. The highest BCUT2D eigenvalue weighted by Gasteiger charge is 2.40. The van der Waals surface area contributed by atoms with Crippen LogP contribution < -0.4 is 0 Å². The third-order valence-electron chi connectivity index (χ3n) is 4.75. The van der Waals surface area contributed by atoms with Gasteiger partial charge in [0.1, 0.15) is 5.78 Å². The first kappa shape index (κ1) is 18.6. The van der Waals surface area contributed by atoms with Crippen LogP contribution in [-0.2, 0) is 4.79 Å². The predicted octanol–water partition coefficient (Wildman–Crippen LogP) is 4.53. The Labute approximate surface area is 120 Å². The molecule has 0 aromatic heterocycles. The van der Waals surface area contributed by atoms with Crippen molar-refractivity contribution in [3.63, 3.8) is 0 Å². The molecule has 0 saturated carbocycles. The van der Waals surface area contributed by atoms with Gasteiger partial charge in [-0.1, -0.05) is 34.6 Å². The van der Waals surface area contributed by atoms with Gasteiger partial charge in [-0.2, -0.15) is 0 Å². The molecule has 19 heavy (non-hydrogen) atoms. The third kappa shape index (κ3) is 4.59. The summed E-state index contributed by atoms with van der Waals surface area (Å²) in [4.78, 5) is 14.8. The van der Waals surface area contributed by atoms with E-state index >= 15 is 0 Å². The molecule has 2 nitrogen and oxygen atoms in total. The summed E-state index contributed by atoms with van der Waals surface area (Å²) in [7, 11) is 2.18. The lowest BCUT2D eigenvalue weighted by atomic mass is 9.72. The van der Waals surface area contributed by atoms with Crippen LogP contribution in [0.5, 0.6) is 0 Å². The highest BCUT2D eigenvalue weighted by Crippen LogP contribution is 2.37. The summed E-state index contributed by atoms with van der Waals surface area (Å²) in [6.07, 6.45) is 1.99. The average molecular weight is 269 g/mol. The van der Waals surface area contributed by atoms with Gasteiger partial charge in [0.25, 0.3) is 0 Å². The molecule has 0 unspecified atom stereocenters. The Kier molecular flexibility index (Phi) is 5.83. The van der Waals surface area contributed by atoms with Crippen molar-refractivity contribution in [1.29, 1.82) is 0 Å². The van der Waals surface area contributed by atoms with E-state index < -0.39 is 0 Å². The molecule has 0 radical (unpaired) electrons. The Hall–Kier alpha value is -0.370. The topological polar surface area (TPSA) is 20.3 Å². The molecular weight excluding hydrogens is 234 g/mol. The molecule has 0 aliphatic carbocycles. The summed E-state index contributed by atoms with van der Waals surface area (Å²) in [5, 5.41) is 0. The Morgan fingerprint density at radius 3 is 1.74 bits per heavy atom. The van der Waals surface area contributed by atoms with E-state index in [4.69, 9.17) is 0 Å². The predicted molar refractivity (Wildman–Crippen MR) is 84.5 cm³/mol. The fraction of sp³-hybridized carbons (Fsp3) is 0.941. The smallest absolute Gasteiger partial charge is 0.141 e. The van der Waals surface area contributed by atoms with Crippen LogP contribution in [-0.4, -0.2) is 28.8 Å². The summed E-state index contributed by atoms with van der Waals surface area (Å²) in [6, 6.07) is 0. The summed E-state index contributed by atoms with van der Waals surface area (Å²) in [6.45, 7) is 19.4. The van der Waals surface area contributed by atoms with Gasteiger partial charge < -0.3 is 0 Å². The van der Waals surface area contributed by atoms with Crippen molar-refractivity contribution in [1.82, 2.24) is 4.90 Å². The number of Topliss-reactive ketones (excluding diaryl/α,β-unsaturated/α-hetero) is 1. The quantitative estimate of drug-likeness (QED) is 0.677. The SMILES string of the molecule is CCC(C)(C)N(C)C(C)(C)CC(C)(C)C(=O)C(C)C. The van der Waals surface area contributed by atoms with Crippen molar-refractivity contribution in [2.45, 2.75) is 86.2 Å². The molecule has 0 aliphatic heterocycles. The van der Waals surface area contributed by atoms with E-state index in [2.05, 4.69) is 60.4 Å². The second-order valence-electron chi connectivity index (χ2n) is 8.12. The van der Waals surface area contributed by atoms with E-state index in [0.717, 1.165) is 12.8 Å². The molecule has 114 valence electrons. The van der Waals surface area contributed by atoms with Gasteiger partial charge in [0.05, 0.1) is 0 Å². The summed E-state index contributed by atoms with van der Waals surface area (Å²) in [5.41, 5.74) is -0.107. The third-order valence-corrected chi connectivity index (χ3v) is 4.75. The van der Waals surface area contributed by atoms with E-state index in [1.54, 1.807) is 0 Å². The van der Waals surface area contributed by atoms with E-state index in [1.165, 1.54) is 0 Å². The van der Waals surface area contributed by atoms with Crippen LogP contribution in [0, 0.1) is 11.3 Å². The minimum absolute atomic E-state index is 0.00750. The number of carbonyl (C=O) groups excluding carboxylic acids is 1. The fourth-order valence-electron chi connectivity index (χ4n) is 3.13. The van der Waals surface area contributed by atoms with Crippen LogP contribution in [0.1, 0.15) is 75.2 Å². The zero-order valence-corrected chi connectivity index (χ0v) is 14.8. The fourth-order valence-corrected chi connectivity index (χ4v) is 3.13. The maximum atomic E-state index is 12.4. The molecule has 0 heterocycles. The van der Waals surface area contributed by atoms with Crippen molar-refractivity contribution in [2.75, 3.05) is 7.05 Å². The molecule has 2 heteroatoms. The normalized spacial score (nSPS) is 14.3. The minimum atomic E-state index is -0.268. The minimum Gasteiger partial charge on any atom is -0.299 e. The van der Waals surface area contributed by atoms with Crippen LogP contribution in [0.15, 0.2) is 0 Å². The highest BCUT2D eigenvalue weighted by atomic mass is 16.1. The Bertz CT molecular complexity index is 313. The Morgan fingerprint density at radius 1 is 1.00 bits per heavy atom. The molecule has 0 rings (SSSR count). The first-order valence-electron chi connectivity index (χ1n) is 7.56. The lowest BCUT2D eigenvalue weighted by Gasteiger charge is -2.49. The zero-order valence-electron chi connectivity index (χ0n) is 14.8. The maximum absolute atomic E-state index is 12.4. The van der Waals surface area contributed by atoms with E-state index in [0.29, 0.717) is 5.78 Å². The summed E-state index contributed by atoms with van der Waals surface area (Å²) >= 11 is 0. The molecule has 0 N–H and O–H groups in total. The number of rotatable bonds is 7. The van der Waals surface area contributed by atoms with Crippen molar-refractivity contribution in [3.8, 4) is 0 Å². The average Bonchev–Trinajstić information content (AvgIpc) is 2.25. The summed E-state index contributed by atoms with van der Waals surface area (Å²) < 4.78 is 0. The van der Waals surface area contributed by atoms with E-state index in [9.17, 15) is 4.79 Å². The van der Waals surface area contributed by atoms with Gasteiger partial charge >= 0.3 is 0 Å². The van der Waals surface area contributed by atoms with E-state index in [1.807, 2.05) is 13.8 Å². The van der Waals surface area contributed by atoms with Crippen LogP contribution in [0.3, 0.4) is 0 Å². The van der Waals surface area contributed by atoms with Crippen LogP contribution in [0.2, 0.25) is 0 Å². The molecule has 0 aromatic rings. The second-order valence-corrected chi connectivity index (χ2v) is 8.12. The van der Waals surface area contributed by atoms with Gasteiger partial charge in [0, 0.05) is 22.4 Å². The van der Waals surface area contributed by atoms with Gasteiger partial charge in [-0.15, -0.1) is 0 Å². The standard InChI is InChI=1S/C17H35NO/c1-11-16(6,7)18(10)17(8,9)12-15(4,5)14(19)13(2)3/h13H,11-12H2,1-10H3. The van der Waals surface area contributed by atoms with Crippen molar-refractivity contribution >= 4 is 5.78 Å². The van der Waals surface area contributed by atoms with Crippen molar-refractivity contribution in [3.05, 3.63) is 0 Å². The number of ketones is 1. The maximum Gasteiger partial charge on any atom is 0.141 e. The largest absolute Gasteiger partial charge is 0.299 e. The van der Waals surface area contributed by atoms with Crippen LogP contribution in [0.25, 0.3) is 0 Å². The zero-order chi connectivity index (χ0) is 15.6. The van der Waals surface area contributed by atoms with Gasteiger partial charge in [0.2, 0.25) is 0 Å². The Morgan fingerprint density at radius 2 is 1.42 bits per heavy atom. The highest BCUT2D eigenvalue weighted by molar-refractivity contribution is 5.85. The van der Waals surface area contributed by atoms with Crippen molar-refractivity contribution < 1.29 is 4.79 Å². The van der Waals surface area contributed by atoms with Crippen LogP contribution >= 0.6 is 0 Å². The molecule has 0 aromatic carbocycles. The molecule has 0 saturated heterocycles. The molecule has 0 fully saturated rings. The number of nitrogens with zero attached hydrogens (tertiary/aromatic N) is 1. The monoisotopic (exact) mass is 269 g/mol. The van der Waals surface area contributed by atoms with Gasteiger partial charge in [0.15, 0.2) is 0 Å². The molecular formula is C17H35NO. The van der Waals surface area contributed by atoms with Gasteiger partial charge in [-0.25, -0.2) is 0 Å². The lowest BCUT2D eigenvalue weighted by molar-refractivity contribution is -0.132. The summed E-state index contributed by atoms with van der Waals surface area (Å²) in [5.74, 6) is 0.471. The van der Waals surface area contributed by atoms with Gasteiger partial charge in [-0.3, -0.25) is 9.69 Å². The number of hydrogen-bond acceptors (Lipinski definition) is 2. The van der Waals surface area contributed by atoms with Crippen LogP contribution in [0.4, 0.5) is 0 Å². The lowest BCUT2D eigenvalue weighted by Crippen LogP contribution is -2.55. The first-order chi connectivity index (χ1) is 8.28. The first-order valence-corrected chi connectivity index (χ1v) is 7.56.